The minimum absolute atomic E-state index is 0.0724. The number of nitrogens with one attached hydrogen (secondary N) is 2. The highest BCUT2D eigenvalue weighted by molar-refractivity contribution is 6.31. The first-order valence-corrected chi connectivity index (χ1v) is 7.71. The molecule has 0 saturated heterocycles. The summed E-state index contributed by atoms with van der Waals surface area (Å²) >= 11 is 5.71. The van der Waals surface area contributed by atoms with Crippen LogP contribution in [-0.2, 0) is 6.42 Å². The van der Waals surface area contributed by atoms with Gasteiger partial charge >= 0.3 is 6.09 Å². The number of benzene rings is 2. The summed E-state index contributed by atoms with van der Waals surface area (Å²) in [4.78, 5) is 23.4. The second kappa shape index (κ2) is 6.49. The van der Waals surface area contributed by atoms with E-state index in [-0.39, 0.29) is 17.0 Å². The zero-order valence-corrected chi connectivity index (χ0v) is 13.2. The van der Waals surface area contributed by atoms with Crippen molar-refractivity contribution in [2.45, 2.75) is 18.9 Å². The molecule has 0 spiro atoms. The van der Waals surface area contributed by atoms with E-state index in [0.29, 0.717) is 24.1 Å². The van der Waals surface area contributed by atoms with E-state index in [4.69, 9.17) is 16.7 Å². The normalized spacial score (nSPS) is 15.7. The van der Waals surface area contributed by atoms with Crippen LogP contribution in [0.4, 0.5) is 14.9 Å². The molecule has 0 saturated carbocycles. The number of carbonyl (C=O) groups excluding carboxylic acids is 1. The van der Waals surface area contributed by atoms with E-state index in [9.17, 15) is 14.0 Å². The molecule has 1 aliphatic carbocycles. The summed E-state index contributed by atoms with van der Waals surface area (Å²) in [6, 6.07) is 8.85. The summed E-state index contributed by atoms with van der Waals surface area (Å²) < 4.78 is 13.2. The summed E-state index contributed by atoms with van der Waals surface area (Å²) in [6.45, 7) is 0. The van der Waals surface area contributed by atoms with E-state index in [2.05, 4.69) is 10.6 Å². The zero-order valence-electron chi connectivity index (χ0n) is 12.5. The molecule has 0 heterocycles. The molecule has 0 bridgehead atoms. The van der Waals surface area contributed by atoms with E-state index in [1.165, 1.54) is 18.2 Å². The molecular formula is C17H14ClFN2O3. The van der Waals surface area contributed by atoms with Gasteiger partial charge in [-0.15, -0.1) is 0 Å². The Morgan fingerprint density at radius 2 is 2.04 bits per heavy atom. The van der Waals surface area contributed by atoms with Gasteiger partial charge in [-0.2, -0.15) is 0 Å². The standard InChI is InChI=1S/C17H14ClFN2O3/c18-13-8-9(4-6-14(13)19)20-16(22)12-3-1-2-11-10(12)5-7-15(11)21-17(23)24/h1-4,6,8,15,21H,5,7H2,(H,20,22)(H,23,24). The molecule has 124 valence electrons. The minimum Gasteiger partial charge on any atom is -0.465 e. The SMILES string of the molecule is O=C(O)NC1CCc2c(C(=O)Nc3ccc(F)c(Cl)c3)cccc21. The summed E-state index contributed by atoms with van der Waals surface area (Å²) in [7, 11) is 0. The van der Waals surface area contributed by atoms with E-state index < -0.39 is 11.9 Å². The van der Waals surface area contributed by atoms with Crippen LogP contribution in [0, 0.1) is 5.82 Å². The van der Waals surface area contributed by atoms with Gasteiger partial charge < -0.3 is 15.7 Å². The maximum Gasteiger partial charge on any atom is 0.405 e. The van der Waals surface area contributed by atoms with Crippen LogP contribution < -0.4 is 10.6 Å². The van der Waals surface area contributed by atoms with Gasteiger partial charge in [0.1, 0.15) is 5.82 Å². The number of anilines is 1. The average Bonchev–Trinajstić information content (AvgIpc) is 2.93. The van der Waals surface area contributed by atoms with Crippen LogP contribution in [0.1, 0.15) is 33.9 Å². The lowest BCUT2D eigenvalue weighted by atomic mass is 10.0. The highest BCUT2D eigenvalue weighted by Crippen LogP contribution is 2.33. The lowest BCUT2D eigenvalue weighted by Crippen LogP contribution is -2.25. The number of fused-ring (bicyclic) bond motifs is 1. The van der Waals surface area contributed by atoms with Gasteiger partial charge in [0, 0.05) is 11.3 Å². The zero-order chi connectivity index (χ0) is 17.3. The Bertz CT molecular complexity index is 825. The van der Waals surface area contributed by atoms with Gasteiger partial charge in [-0.1, -0.05) is 23.7 Å². The molecule has 2 amide bonds. The molecule has 1 aliphatic rings. The largest absolute Gasteiger partial charge is 0.465 e. The Hall–Kier alpha value is -2.60. The van der Waals surface area contributed by atoms with Crippen LogP contribution in [0.2, 0.25) is 5.02 Å². The number of hydrogen-bond acceptors (Lipinski definition) is 2. The second-order valence-electron chi connectivity index (χ2n) is 5.50. The van der Waals surface area contributed by atoms with E-state index in [1.807, 2.05) is 6.07 Å². The number of rotatable bonds is 3. The summed E-state index contributed by atoms with van der Waals surface area (Å²) in [5, 5.41) is 14.0. The summed E-state index contributed by atoms with van der Waals surface area (Å²) in [5.41, 5.74) is 2.49. The Morgan fingerprint density at radius 1 is 1.25 bits per heavy atom. The van der Waals surface area contributed by atoms with Crippen molar-refractivity contribution in [1.82, 2.24) is 5.32 Å². The number of carbonyl (C=O) groups is 2. The van der Waals surface area contributed by atoms with E-state index >= 15 is 0 Å². The fourth-order valence-corrected chi connectivity index (χ4v) is 3.12. The van der Waals surface area contributed by atoms with Crippen molar-refractivity contribution >= 4 is 29.3 Å². The van der Waals surface area contributed by atoms with Crippen molar-refractivity contribution in [2.75, 3.05) is 5.32 Å². The van der Waals surface area contributed by atoms with Crippen LogP contribution in [0.5, 0.6) is 0 Å². The van der Waals surface area contributed by atoms with Gasteiger partial charge in [0.25, 0.3) is 5.91 Å². The molecular weight excluding hydrogens is 335 g/mol. The molecule has 3 rings (SSSR count). The maximum atomic E-state index is 13.2. The number of amides is 2. The van der Waals surface area contributed by atoms with Gasteiger partial charge in [-0.3, -0.25) is 4.79 Å². The molecule has 0 radical (unpaired) electrons. The van der Waals surface area contributed by atoms with E-state index in [0.717, 1.165) is 11.1 Å². The van der Waals surface area contributed by atoms with Crippen LogP contribution in [0.25, 0.3) is 0 Å². The van der Waals surface area contributed by atoms with Gasteiger partial charge in [0.2, 0.25) is 0 Å². The monoisotopic (exact) mass is 348 g/mol. The van der Waals surface area contributed by atoms with Crippen molar-refractivity contribution in [3.63, 3.8) is 0 Å². The third kappa shape index (κ3) is 3.19. The van der Waals surface area contributed by atoms with Gasteiger partial charge in [0.15, 0.2) is 0 Å². The molecule has 0 fully saturated rings. The Morgan fingerprint density at radius 3 is 2.75 bits per heavy atom. The summed E-state index contributed by atoms with van der Waals surface area (Å²) in [5.74, 6) is -0.900. The number of hydrogen-bond donors (Lipinski definition) is 3. The molecule has 5 nitrogen and oxygen atoms in total. The van der Waals surface area contributed by atoms with Crippen LogP contribution in [-0.4, -0.2) is 17.1 Å². The van der Waals surface area contributed by atoms with Crippen molar-refractivity contribution in [3.05, 3.63) is 63.9 Å². The van der Waals surface area contributed by atoms with Gasteiger partial charge in [-0.25, -0.2) is 9.18 Å². The van der Waals surface area contributed by atoms with Crippen molar-refractivity contribution < 1.29 is 19.1 Å². The van der Waals surface area contributed by atoms with Gasteiger partial charge in [0.05, 0.1) is 11.1 Å². The smallest absolute Gasteiger partial charge is 0.405 e. The first-order valence-electron chi connectivity index (χ1n) is 7.33. The maximum absolute atomic E-state index is 13.2. The predicted molar refractivity (Wildman–Crippen MR) is 88.0 cm³/mol. The van der Waals surface area contributed by atoms with Crippen LogP contribution in [0.3, 0.4) is 0 Å². The average molecular weight is 349 g/mol. The van der Waals surface area contributed by atoms with Gasteiger partial charge in [-0.05, 0) is 48.2 Å². The fraction of sp³-hybridized carbons (Fsp3) is 0.176. The third-order valence-corrected chi connectivity index (χ3v) is 4.28. The van der Waals surface area contributed by atoms with Crippen LogP contribution in [0.15, 0.2) is 36.4 Å². The molecule has 7 heteroatoms. The molecule has 2 aromatic rings. The highest BCUT2D eigenvalue weighted by Gasteiger charge is 2.27. The quantitative estimate of drug-likeness (QED) is 0.784. The number of carboxylic acid groups (broad SMARTS) is 1. The first kappa shape index (κ1) is 16.3. The molecule has 1 unspecified atom stereocenters. The fourth-order valence-electron chi connectivity index (χ4n) is 2.94. The highest BCUT2D eigenvalue weighted by atomic mass is 35.5. The third-order valence-electron chi connectivity index (χ3n) is 3.99. The van der Waals surface area contributed by atoms with Crippen molar-refractivity contribution in [1.29, 1.82) is 0 Å². The van der Waals surface area contributed by atoms with Crippen LogP contribution >= 0.6 is 11.6 Å². The van der Waals surface area contributed by atoms with Crippen molar-refractivity contribution in [3.8, 4) is 0 Å². The van der Waals surface area contributed by atoms with E-state index in [1.54, 1.807) is 12.1 Å². The molecule has 2 aromatic carbocycles. The number of halogens is 2. The molecule has 24 heavy (non-hydrogen) atoms. The Labute approximate surface area is 142 Å². The lowest BCUT2D eigenvalue weighted by molar-refractivity contribution is 0.102. The molecule has 0 aliphatic heterocycles. The predicted octanol–water partition coefficient (Wildman–Crippen LogP) is 3.99. The lowest BCUT2D eigenvalue weighted by Gasteiger charge is -2.13. The van der Waals surface area contributed by atoms with Crippen molar-refractivity contribution in [2.24, 2.45) is 0 Å². The molecule has 0 aromatic heterocycles. The molecule has 1 atom stereocenters. The first-order chi connectivity index (χ1) is 11.5. The minimum atomic E-state index is -1.09. The summed E-state index contributed by atoms with van der Waals surface area (Å²) in [6.07, 6.45) is 0.117. The second-order valence-corrected chi connectivity index (χ2v) is 5.90. The molecule has 3 N–H and O–H groups in total. The Balaban J connectivity index is 1.85. The Kier molecular flexibility index (Phi) is 4.40. The topological polar surface area (TPSA) is 78.4 Å².